The first-order valence-electron chi connectivity index (χ1n) is 8.55. The van der Waals surface area contributed by atoms with Crippen molar-refractivity contribution in [3.8, 4) is 0 Å². The molecule has 1 saturated carbocycles. The van der Waals surface area contributed by atoms with Gasteiger partial charge >= 0.3 is 5.92 Å². The summed E-state index contributed by atoms with van der Waals surface area (Å²) in [6, 6.07) is 8.16. The lowest BCUT2D eigenvalue weighted by Crippen LogP contribution is -2.62. The van der Waals surface area contributed by atoms with Gasteiger partial charge in [-0.1, -0.05) is 12.1 Å². The fourth-order valence-electron chi connectivity index (χ4n) is 3.42. The van der Waals surface area contributed by atoms with Crippen molar-refractivity contribution in [3.05, 3.63) is 29.8 Å². The molecule has 1 amide bonds. The Kier molecular flexibility index (Phi) is 4.51. The molecule has 1 saturated heterocycles. The summed E-state index contributed by atoms with van der Waals surface area (Å²) in [6.07, 6.45) is 1.78. The highest BCUT2D eigenvalue weighted by Crippen LogP contribution is 2.45. The molecule has 1 heterocycles. The fraction of sp³-hybridized carbons (Fsp3) is 0.611. The second kappa shape index (κ2) is 6.31. The van der Waals surface area contributed by atoms with Gasteiger partial charge < -0.3 is 15.3 Å². The van der Waals surface area contributed by atoms with Crippen molar-refractivity contribution in [2.75, 3.05) is 18.4 Å². The van der Waals surface area contributed by atoms with Crippen LogP contribution in [0.5, 0.6) is 0 Å². The number of hydrogen-bond donors (Lipinski definition) is 2. The van der Waals surface area contributed by atoms with Gasteiger partial charge in [0.2, 0.25) is 0 Å². The number of amides is 1. The molecule has 0 spiro atoms. The number of carbonyl (C=O) groups is 1. The summed E-state index contributed by atoms with van der Waals surface area (Å²) in [5.74, 6) is -4.90. The van der Waals surface area contributed by atoms with Crippen LogP contribution in [0.15, 0.2) is 24.3 Å². The summed E-state index contributed by atoms with van der Waals surface area (Å²) < 4.78 is 28.5. The van der Waals surface area contributed by atoms with Crippen LogP contribution in [0.1, 0.15) is 37.7 Å². The quantitative estimate of drug-likeness (QED) is 0.887. The smallest absolute Gasteiger partial charge is 0.352 e. The molecular weight excluding hydrogens is 314 g/mol. The molecule has 0 atom stereocenters. The molecule has 2 fully saturated rings. The van der Waals surface area contributed by atoms with Gasteiger partial charge in [-0.15, -0.1) is 0 Å². The number of hydrogen-bond acceptors (Lipinski definition) is 3. The molecule has 0 bridgehead atoms. The Labute approximate surface area is 140 Å². The Balaban J connectivity index is 1.56. The molecule has 1 aliphatic carbocycles. The number of anilines is 1. The van der Waals surface area contributed by atoms with Gasteiger partial charge in [-0.2, -0.15) is 8.78 Å². The van der Waals surface area contributed by atoms with Gasteiger partial charge in [-0.3, -0.25) is 4.79 Å². The zero-order valence-corrected chi connectivity index (χ0v) is 13.9. The van der Waals surface area contributed by atoms with Gasteiger partial charge in [0, 0.05) is 24.8 Å². The average molecular weight is 338 g/mol. The Hall–Kier alpha value is -1.69. The summed E-state index contributed by atoms with van der Waals surface area (Å²) in [5, 5.41) is 13.3. The fourth-order valence-corrected chi connectivity index (χ4v) is 3.42. The van der Waals surface area contributed by atoms with E-state index in [1.54, 1.807) is 0 Å². The molecule has 132 valence electrons. The minimum atomic E-state index is -3.68. The van der Waals surface area contributed by atoms with Crippen molar-refractivity contribution in [2.45, 2.75) is 56.6 Å². The molecule has 0 radical (unpaired) electrons. The topological polar surface area (TPSA) is 52.6 Å². The monoisotopic (exact) mass is 338 g/mol. The van der Waals surface area contributed by atoms with Crippen LogP contribution in [-0.2, 0) is 4.79 Å². The Morgan fingerprint density at radius 1 is 1.33 bits per heavy atom. The summed E-state index contributed by atoms with van der Waals surface area (Å²) >= 11 is 0. The Morgan fingerprint density at radius 2 is 2.00 bits per heavy atom. The van der Waals surface area contributed by atoms with E-state index in [9.17, 15) is 18.7 Å². The molecule has 0 unspecified atom stereocenters. The summed E-state index contributed by atoms with van der Waals surface area (Å²) in [6.45, 7) is 2.59. The molecule has 2 aliphatic rings. The van der Waals surface area contributed by atoms with E-state index in [0.717, 1.165) is 11.3 Å². The van der Waals surface area contributed by atoms with Crippen LogP contribution in [0.4, 0.5) is 14.5 Å². The molecule has 2 N–H and O–H groups in total. The normalized spacial score (nSPS) is 21.2. The lowest BCUT2D eigenvalue weighted by atomic mass is 9.75. The third-order valence-corrected chi connectivity index (χ3v) is 5.20. The number of benzene rings is 1. The molecule has 4 nitrogen and oxygen atoms in total. The lowest BCUT2D eigenvalue weighted by molar-refractivity contribution is -0.224. The van der Waals surface area contributed by atoms with Gasteiger partial charge in [0.1, 0.15) is 5.60 Å². The predicted octanol–water partition coefficient (Wildman–Crippen LogP) is 2.95. The van der Waals surface area contributed by atoms with E-state index in [2.05, 4.69) is 5.32 Å². The summed E-state index contributed by atoms with van der Waals surface area (Å²) in [5.41, 5.74) is 0.0238. The van der Waals surface area contributed by atoms with Crippen LogP contribution < -0.4 is 5.32 Å². The maximum Gasteiger partial charge on any atom is 0.352 e. The number of nitrogens with one attached hydrogen (secondary N) is 1. The van der Waals surface area contributed by atoms with Crippen molar-refractivity contribution in [1.29, 1.82) is 0 Å². The van der Waals surface area contributed by atoms with Gasteiger partial charge in [0.25, 0.3) is 5.91 Å². The van der Waals surface area contributed by atoms with Crippen molar-refractivity contribution in [3.63, 3.8) is 0 Å². The number of piperidine rings is 1. The summed E-state index contributed by atoms with van der Waals surface area (Å²) in [7, 11) is 0. The van der Waals surface area contributed by atoms with Crippen LogP contribution in [0, 0.1) is 6.92 Å². The number of alkyl halides is 2. The number of aliphatic hydroxyl groups is 1. The van der Waals surface area contributed by atoms with Crippen LogP contribution in [0.25, 0.3) is 0 Å². The minimum Gasteiger partial charge on any atom is -0.383 e. The highest BCUT2D eigenvalue weighted by atomic mass is 19.3. The molecule has 0 aromatic heterocycles. The molecule has 1 aromatic carbocycles. The maximum absolute atomic E-state index is 14.3. The van der Waals surface area contributed by atoms with Gasteiger partial charge in [0.15, 0.2) is 0 Å². The molecule has 1 aliphatic heterocycles. The van der Waals surface area contributed by atoms with E-state index in [1.807, 2.05) is 31.2 Å². The van der Waals surface area contributed by atoms with E-state index in [1.165, 1.54) is 4.90 Å². The number of likely N-dealkylation sites (tertiary alicyclic amines) is 1. The van der Waals surface area contributed by atoms with Crippen LogP contribution in [0.2, 0.25) is 0 Å². The van der Waals surface area contributed by atoms with Crippen molar-refractivity contribution in [1.82, 2.24) is 4.90 Å². The molecular formula is C18H24F2N2O2. The first-order chi connectivity index (χ1) is 11.3. The van der Waals surface area contributed by atoms with E-state index < -0.39 is 17.4 Å². The van der Waals surface area contributed by atoms with Crippen LogP contribution >= 0.6 is 0 Å². The average Bonchev–Trinajstić information content (AvgIpc) is 2.52. The van der Waals surface area contributed by atoms with Gasteiger partial charge in [0.05, 0.1) is 0 Å². The maximum atomic E-state index is 14.3. The second-order valence-corrected chi connectivity index (χ2v) is 7.04. The minimum absolute atomic E-state index is 0.00286. The van der Waals surface area contributed by atoms with Crippen LogP contribution in [-0.4, -0.2) is 46.6 Å². The first kappa shape index (κ1) is 17.1. The van der Waals surface area contributed by atoms with E-state index in [-0.39, 0.29) is 32.0 Å². The molecule has 24 heavy (non-hydrogen) atoms. The van der Waals surface area contributed by atoms with Crippen molar-refractivity contribution < 1.29 is 18.7 Å². The van der Waals surface area contributed by atoms with E-state index in [0.29, 0.717) is 19.3 Å². The standard InChI is InChI=1S/C18H24F2N2O2/c1-13-4-2-5-15(12-13)21-14-6-10-22(11-7-14)16(23)18(19,20)17(24)8-3-9-17/h2,4-5,12,14,21,24H,3,6-11H2,1H3. The Morgan fingerprint density at radius 3 is 2.54 bits per heavy atom. The largest absolute Gasteiger partial charge is 0.383 e. The van der Waals surface area contributed by atoms with Gasteiger partial charge in [-0.05, 0) is 56.7 Å². The zero-order valence-electron chi connectivity index (χ0n) is 13.9. The SMILES string of the molecule is Cc1cccc(NC2CCN(C(=O)C(F)(F)C3(O)CCC3)CC2)c1. The number of nitrogens with zero attached hydrogens (tertiary/aromatic N) is 1. The van der Waals surface area contributed by atoms with Crippen molar-refractivity contribution in [2.24, 2.45) is 0 Å². The third-order valence-electron chi connectivity index (χ3n) is 5.20. The Bertz CT molecular complexity index is 609. The number of aryl methyl sites for hydroxylation is 1. The van der Waals surface area contributed by atoms with Crippen LogP contribution in [0.3, 0.4) is 0 Å². The highest BCUT2D eigenvalue weighted by molar-refractivity contribution is 5.85. The molecule has 6 heteroatoms. The molecule has 1 aromatic rings. The number of carbonyl (C=O) groups excluding carboxylic acids is 1. The van der Waals surface area contributed by atoms with Crippen molar-refractivity contribution >= 4 is 11.6 Å². The van der Waals surface area contributed by atoms with Gasteiger partial charge in [-0.25, -0.2) is 0 Å². The lowest BCUT2D eigenvalue weighted by Gasteiger charge is -2.44. The van der Waals surface area contributed by atoms with E-state index >= 15 is 0 Å². The summed E-state index contributed by atoms with van der Waals surface area (Å²) in [4.78, 5) is 13.4. The predicted molar refractivity (Wildman–Crippen MR) is 88.2 cm³/mol. The van der Waals surface area contributed by atoms with E-state index in [4.69, 9.17) is 0 Å². The number of rotatable bonds is 4. The second-order valence-electron chi connectivity index (χ2n) is 7.04. The number of halogens is 2. The molecule has 3 rings (SSSR count). The first-order valence-corrected chi connectivity index (χ1v) is 8.55. The third kappa shape index (κ3) is 3.11. The zero-order chi connectivity index (χ0) is 17.4. The highest BCUT2D eigenvalue weighted by Gasteiger charge is 2.62.